The molecule has 1 aromatic rings. The first-order valence-corrected chi connectivity index (χ1v) is 6.15. The van der Waals surface area contributed by atoms with Gasteiger partial charge in [-0.15, -0.1) is 11.3 Å². The lowest BCUT2D eigenvalue weighted by Gasteiger charge is -2.38. The van der Waals surface area contributed by atoms with Crippen molar-refractivity contribution in [2.24, 2.45) is 0 Å². The maximum atomic E-state index is 10.6. The molecule has 1 aliphatic heterocycles. The van der Waals surface area contributed by atoms with Crippen LogP contribution in [-0.2, 0) is 4.74 Å². The molecule has 2 unspecified atom stereocenters. The van der Waals surface area contributed by atoms with E-state index in [0.717, 1.165) is 16.9 Å². The number of rotatable bonds is 3. The Morgan fingerprint density at radius 3 is 3.19 bits per heavy atom. The third kappa shape index (κ3) is 2.26. The van der Waals surface area contributed by atoms with Gasteiger partial charge in [-0.3, -0.25) is 4.79 Å². The summed E-state index contributed by atoms with van der Waals surface area (Å²) in [7, 11) is 0. The van der Waals surface area contributed by atoms with Crippen molar-refractivity contribution in [2.45, 2.75) is 19.1 Å². The predicted molar refractivity (Wildman–Crippen MR) is 63.3 cm³/mol. The van der Waals surface area contributed by atoms with Crippen molar-refractivity contribution in [3.63, 3.8) is 0 Å². The fraction of sp³-hybridized carbons (Fsp3) is 0.545. The minimum Gasteiger partial charge on any atom is -0.394 e. The van der Waals surface area contributed by atoms with Gasteiger partial charge in [0.1, 0.15) is 0 Å². The number of carbonyl (C=O) groups excluding carboxylic acids is 1. The molecule has 0 aliphatic carbocycles. The van der Waals surface area contributed by atoms with E-state index in [2.05, 4.69) is 11.8 Å². The normalized spacial score (nSPS) is 25.8. The summed E-state index contributed by atoms with van der Waals surface area (Å²) in [5, 5.41) is 11.1. The highest BCUT2D eigenvalue weighted by Gasteiger charge is 2.26. The second kappa shape index (κ2) is 4.95. The van der Waals surface area contributed by atoms with Crippen molar-refractivity contribution in [1.82, 2.24) is 0 Å². The average molecular weight is 241 g/mol. The molecule has 0 bridgehead atoms. The van der Waals surface area contributed by atoms with E-state index in [1.54, 1.807) is 0 Å². The molecule has 2 rings (SSSR count). The third-order valence-corrected chi connectivity index (χ3v) is 3.61. The van der Waals surface area contributed by atoms with Gasteiger partial charge in [0.2, 0.25) is 0 Å². The molecule has 88 valence electrons. The largest absolute Gasteiger partial charge is 0.394 e. The number of aliphatic hydroxyl groups is 1. The van der Waals surface area contributed by atoms with Gasteiger partial charge in [0.25, 0.3) is 0 Å². The highest BCUT2D eigenvalue weighted by molar-refractivity contribution is 7.12. The molecular weight excluding hydrogens is 226 g/mol. The van der Waals surface area contributed by atoms with Gasteiger partial charge in [-0.25, -0.2) is 0 Å². The Morgan fingerprint density at radius 2 is 2.56 bits per heavy atom. The zero-order valence-corrected chi connectivity index (χ0v) is 9.94. The number of ether oxygens (including phenoxy) is 1. The summed E-state index contributed by atoms with van der Waals surface area (Å²) in [6.07, 6.45) is 0.735. The lowest BCUT2D eigenvalue weighted by Crippen LogP contribution is -2.49. The molecule has 0 spiro atoms. The maximum Gasteiger partial charge on any atom is 0.160 e. The Kier molecular flexibility index (Phi) is 3.58. The van der Waals surface area contributed by atoms with Crippen LogP contribution in [0.4, 0.5) is 5.69 Å². The fourth-order valence-corrected chi connectivity index (χ4v) is 2.55. The Balaban J connectivity index is 2.14. The molecule has 1 aliphatic rings. The number of morpholine rings is 1. The lowest BCUT2D eigenvalue weighted by molar-refractivity contribution is -0.0103. The van der Waals surface area contributed by atoms with Gasteiger partial charge < -0.3 is 14.7 Å². The SMILES string of the molecule is CC1COC(CO)CN1c1csc(C=O)c1. The summed E-state index contributed by atoms with van der Waals surface area (Å²) in [5.74, 6) is 0. The van der Waals surface area contributed by atoms with Crippen LogP contribution in [0.5, 0.6) is 0 Å². The van der Waals surface area contributed by atoms with Gasteiger partial charge in [-0.1, -0.05) is 0 Å². The van der Waals surface area contributed by atoms with E-state index in [1.807, 2.05) is 11.4 Å². The molecule has 0 aromatic carbocycles. The smallest absolute Gasteiger partial charge is 0.160 e. The molecular formula is C11H15NO3S. The van der Waals surface area contributed by atoms with Gasteiger partial charge >= 0.3 is 0 Å². The van der Waals surface area contributed by atoms with Crippen LogP contribution in [0, 0.1) is 0 Å². The maximum absolute atomic E-state index is 10.6. The average Bonchev–Trinajstić information content (AvgIpc) is 2.78. The van der Waals surface area contributed by atoms with Gasteiger partial charge in [-0.2, -0.15) is 0 Å². The van der Waals surface area contributed by atoms with E-state index in [1.165, 1.54) is 11.3 Å². The Bertz CT molecular complexity index is 366. The first-order valence-electron chi connectivity index (χ1n) is 5.27. The minimum absolute atomic E-state index is 0.0356. The van der Waals surface area contributed by atoms with Gasteiger partial charge in [0, 0.05) is 23.7 Å². The van der Waals surface area contributed by atoms with Crippen LogP contribution in [-0.4, -0.2) is 43.3 Å². The molecule has 0 amide bonds. The summed E-state index contributed by atoms with van der Waals surface area (Å²) in [6, 6.07) is 2.16. The van der Waals surface area contributed by atoms with E-state index >= 15 is 0 Å². The summed E-state index contributed by atoms with van der Waals surface area (Å²) >= 11 is 1.44. The second-order valence-corrected chi connectivity index (χ2v) is 4.91. The van der Waals surface area contributed by atoms with Crippen molar-refractivity contribution in [3.8, 4) is 0 Å². The Labute approximate surface area is 98.4 Å². The molecule has 4 nitrogen and oxygen atoms in total. The van der Waals surface area contributed by atoms with Crippen LogP contribution in [0.3, 0.4) is 0 Å². The van der Waals surface area contributed by atoms with Crippen LogP contribution >= 0.6 is 11.3 Å². The number of anilines is 1. The molecule has 1 N–H and O–H groups in total. The highest BCUT2D eigenvalue weighted by Crippen LogP contribution is 2.26. The summed E-state index contributed by atoms with van der Waals surface area (Å²) < 4.78 is 5.47. The first-order chi connectivity index (χ1) is 7.74. The molecule has 16 heavy (non-hydrogen) atoms. The molecule has 1 aromatic heterocycles. The quantitative estimate of drug-likeness (QED) is 0.806. The van der Waals surface area contributed by atoms with Gasteiger partial charge in [0.15, 0.2) is 6.29 Å². The predicted octanol–water partition coefficient (Wildman–Crippen LogP) is 1.15. The van der Waals surface area contributed by atoms with E-state index in [9.17, 15) is 4.79 Å². The van der Waals surface area contributed by atoms with Gasteiger partial charge in [0.05, 0.1) is 24.2 Å². The third-order valence-electron chi connectivity index (χ3n) is 2.76. The van der Waals surface area contributed by atoms with Crippen LogP contribution in [0.2, 0.25) is 0 Å². The monoisotopic (exact) mass is 241 g/mol. The van der Waals surface area contributed by atoms with E-state index < -0.39 is 0 Å². The summed E-state index contributed by atoms with van der Waals surface area (Å²) in [5.41, 5.74) is 1.04. The molecule has 1 fully saturated rings. The molecule has 2 atom stereocenters. The number of carbonyl (C=O) groups is 1. The molecule has 0 radical (unpaired) electrons. The van der Waals surface area contributed by atoms with Gasteiger partial charge in [-0.05, 0) is 13.0 Å². The van der Waals surface area contributed by atoms with E-state index in [0.29, 0.717) is 13.2 Å². The minimum atomic E-state index is -0.129. The van der Waals surface area contributed by atoms with Crippen LogP contribution < -0.4 is 4.90 Å². The topological polar surface area (TPSA) is 49.8 Å². The van der Waals surface area contributed by atoms with Crippen LogP contribution in [0.15, 0.2) is 11.4 Å². The van der Waals surface area contributed by atoms with Crippen molar-refractivity contribution in [2.75, 3.05) is 24.7 Å². The zero-order chi connectivity index (χ0) is 11.5. The number of thiophene rings is 1. The number of hydrogen-bond donors (Lipinski definition) is 1. The number of aldehydes is 1. The van der Waals surface area contributed by atoms with E-state index in [-0.39, 0.29) is 18.8 Å². The van der Waals surface area contributed by atoms with Crippen molar-refractivity contribution < 1.29 is 14.6 Å². The Hall–Kier alpha value is -0.910. The standard InChI is InChI=1S/C11H15NO3S/c1-8-6-15-10(4-13)3-12(8)9-2-11(5-14)16-7-9/h2,5,7-8,10,13H,3-4,6H2,1H3. The van der Waals surface area contributed by atoms with Crippen LogP contribution in [0.1, 0.15) is 16.6 Å². The summed E-state index contributed by atoms with van der Waals surface area (Å²) in [4.78, 5) is 13.5. The van der Waals surface area contributed by atoms with Crippen molar-refractivity contribution >= 4 is 23.3 Å². The lowest BCUT2D eigenvalue weighted by atomic mass is 10.2. The number of aliphatic hydroxyl groups excluding tert-OH is 1. The second-order valence-electron chi connectivity index (χ2n) is 3.96. The van der Waals surface area contributed by atoms with Crippen molar-refractivity contribution in [3.05, 3.63) is 16.3 Å². The van der Waals surface area contributed by atoms with E-state index in [4.69, 9.17) is 9.84 Å². The van der Waals surface area contributed by atoms with Crippen LogP contribution in [0.25, 0.3) is 0 Å². The van der Waals surface area contributed by atoms with Crippen molar-refractivity contribution in [1.29, 1.82) is 0 Å². The number of hydrogen-bond acceptors (Lipinski definition) is 5. The molecule has 0 saturated carbocycles. The summed E-state index contributed by atoms with van der Waals surface area (Å²) in [6.45, 7) is 3.39. The highest BCUT2D eigenvalue weighted by atomic mass is 32.1. The number of nitrogens with zero attached hydrogens (tertiary/aromatic N) is 1. The fourth-order valence-electron chi connectivity index (χ4n) is 1.84. The molecule has 5 heteroatoms. The zero-order valence-electron chi connectivity index (χ0n) is 9.13. The Morgan fingerprint density at radius 1 is 1.75 bits per heavy atom. The first kappa shape index (κ1) is 11.6. The molecule has 2 heterocycles. The molecule has 1 saturated heterocycles.